The van der Waals surface area contributed by atoms with Crippen molar-refractivity contribution in [1.29, 1.82) is 0 Å². The van der Waals surface area contributed by atoms with Gasteiger partial charge in [0.05, 0.1) is 17.7 Å². The zero-order valence-corrected chi connectivity index (χ0v) is 16.2. The van der Waals surface area contributed by atoms with Gasteiger partial charge in [-0.1, -0.05) is 41.7 Å². The van der Waals surface area contributed by atoms with Crippen molar-refractivity contribution in [2.24, 2.45) is 7.05 Å². The molecule has 28 heavy (non-hydrogen) atoms. The highest BCUT2D eigenvalue weighted by Gasteiger charge is 2.19. The molecule has 0 spiro atoms. The first-order valence-electron chi connectivity index (χ1n) is 8.65. The van der Waals surface area contributed by atoms with E-state index >= 15 is 0 Å². The predicted octanol–water partition coefficient (Wildman–Crippen LogP) is 4.47. The number of imidazole rings is 1. The van der Waals surface area contributed by atoms with Crippen molar-refractivity contribution in [3.05, 3.63) is 72.6 Å². The summed E-state index contributed by atoms with van der Waals surface area (Å²) in [5, 5.41) is 3.42. The number of hydrogen-bond acceptors (Lipinski definition) is 5. The summed E-state index contributed by atoms with van der Waals surface area (Å²) in [4.78, 5) is 22.7. The van der Waals surface area contributed by atoms with Crippen LogP contribution in [0.2, 0.25) is 0 Å². The van der Waals surface area contributed by atoms with Gasteiger partial charge in [-0.3, -0.25) is 10.1 Å². The SMILES string of the molecule is COc1ccc(C(=O)Nc2nc(-c3ccccc3)c(-c3nccn3C)s2)cc1. The van der Waals surface area contributed by atoms with Crippen LogP contribution < -0.4 is 10.1 Å². The molecule has 4 aromatic rings. The van der Waals surface area contributed by atoms with Crippen molar-refractivity contribution in [2.45, 2.75) is 0 Å². The molecule has 0 aliphatic heterocycles. The van der Waals surface area contributed by atoms with Gasteiger partial charge in [0.1, 0.15) is 5.75 Å². The summed E-state index contributed by atoms with van der Waals surface area (Å²) in [5.74, 6) is 1.29. The van der Waals surface area contributed by atoms with Crippen molar-refractivity contribution in [1.82, 2.24) is 14.5 Å². The van der Waals surface area contributed by atoms with Crippen LogP contribution in [0.1, 0.15) is 10.4 Å². The fraction of sp³-hybridized carbons (Fsp3) is 0.0952. The zero-order valence-electron chi connectivity index (χ0n) is 15.4. The standard InChI is InChI=1S/C21H18N4O2S/c1-25-13-12-22-19(25)18-17(14-6-4-3-5-7-14)23-21(28-18)24-20(26)15-8-10-16(27-2)11-9-15/h3-13H,1-2H3,(H,23,24,26). The molecule has 7 heteroatoms. The van der Waals surface area contributed by atoms with Crippen LogP contribution in [-0.4, -0.2) is 27.6 Å². The van der Waals surface area contributed by atoms with Gasteiger partial charge in [-0.25, -0.2) is 9.97 Å². The van der Waals surface area contributed by atoms with Crippen LogP contribution in [0.5, 0.6) is 5.75 Å². The van der Waals surface area contributed by atoms with E-state index in [1.54, 1.807) is 37.6 Å². The molecule has 0 fully saturated rings. The molecular formula is C21H18N4O2S. The normalized spacial score (nSPS) is 10.6. The Kier molecular flexibility index (Phi) is 4.90. The summed E-state index contributed by atoms with van der Waals surface area (Å²) in [6.07, 6.45) is 3.64. The molecule has 0 aliphatic rings. The van der Waals surface area contributed by atoms with Gasteiger partial charge < -0.3 is 9.30 Å². The second kappa shape index (κ2) is 7.66. The first kappa shape index (κ1) is 17.9. The number of methoxy groups -OCH3 is 1. The number of carbonyl (C=O) groups excluding carboxylic acids is 1. The van der Waals surface area contributed by atoms with Crippen LogP contribution in [0, 0.1) is 0 Å². The molecule has 0 saturated carbocycles. The minimum Gasteiger partial charge on any atom is -0.497 e. The Morgan fingerprint density at radius 1 is 1.11 bits per heavy atom. The van der Waals surface area contributed by atoms with Gasteiger partial charge in [0.15, 0.2) is 11.0 Å². The number of nitrogens with zero attached hydrogens (tertiary/aromatic N) is 3. The van der Waals surface area contributed by atoms with Crippen LogP contribution in [0.4, 0.5) is 5.13 Å². The monoisotopic (exact) mass is 390 g/mol. The van der Waals surface area contributed by atoms with E-state index in [2.05, 4.69) is 15.3 Å². The van der Waals surface area contributed by atoms with Crippen LogP contribution in [-0.2, 0) is 7.05 Å². The van der Waals surface area contributed by atoms with Crippen LogP contribution in [0.25, 0.3) is 22.0 Å². The van der Waals surface area contributed by atoms with Gasteiger partial charge in [0.2, 0.25) is 0 Å². The molecule has 4 rings (SSSR count). The van der Waals surface area contributed by atoms with Gasteiger partial charge in [0.25, 0.3) is 5.91 Å². The fourth-order valence-electron chi connectivity index (χ4n) is 2.81. The highest BCUT2D eigenvalue weighted by atomic mass is 32.1. The highest BCUT2D eigenvalue weighted by molar-refractivity contribution is 7.19. The minimum absolute atomic E-state index is 0.220. The highest BCUT2D eigenvalue weighted by Crippen LogP contribution is 2.38. The van der Waals surface area contributed by atoms with Crippen LogP contribution in [0.15, 0.2) is 67.0 Å². The molecule has 0 bridgehead atoms. The van der Waals surface area contributed by atoms with E-state index in [4.69, 9.17) is 4.74 Å². The first-order chi connectivity index (χ1) is 13.7. The Labute approximate surface area is 166 Å². The van der Waals surface area contributed by atoms with Gasteiger partial charge in [0, 0.05) is 30.6 Å². The molecule has 0 unspecified atom stereocenters. The van der Waals surface area contributed by atoms with Crippen molar-refractivity contribution in [2.75, 3.05) is 12.4 Å². The molecule has 140 valence electrons. The summed E-state index contributed by atoms with van der Waals surface area (Å²) in [7, 11) is 3.53. The van der Waals surface area contributed by atoms with Gasteiger partial charge in [-0.05, 0) is 24.3 Å². The van der Waals surface area contributed by atoms with Crippen LogP contribution in [0.3, 0.4) is 0 Å². The number of amides is 1. The fourth-order valence-corrected chi connectivity index (χ4v) is 3.84. The first-order valence-corrected chi connectivity index (χ1v) is 9.46. The van der Waals surface area contributed by atoms with E-state index < -0.39 is 0 Å². The predicted molar refractivity (Wildman–Crippen MR) is 111 cm³/mol. The van der Waals surface area contributed by atoms with E-state index in [-0.39, 0.29) is 5.91 Å². The zero-order chi connectivity index (χ0) is 19.5. The minimum atomic E-state index is -0.220. The van der Waals surface area contributed by atoms with Gasteiger partial charge in [-0.2, -0.15) is 0 Å². The lowest BCUT2D eigenvalue weighted by molar-refractivity contribution is 0.102. The summed E-state index contributed by atoms with van der Waals surface area (Å²) >= 11 is 1.41. The summed E-state index contributed by atoms with van der Waals surface area (Å²) in [6, 6.07) is 16.8. The number of carbonyl (C=O) groups is 1. The number of thiazole rings is 1. The largest absolute Gasteiger partial charge is 0.497 e. The number of aryl methyl sites for hydroxylation is 1. The second-order valence-electron chi connectivity index (χ2n) is 6.11. The number of benzene rings is 2. The number of anilines is 1. The average Bonchev–Trinajstić information content (AvgIpc) is 3.34. The number of aromatic nitrogens is 3. The van der Waals surface area contributed by atoms with Crippen molar-refractivity contribution in [3.8, 4) is 27.7 Å². The summed E-state index contributed by atoms with van der Waals surface area (Å²) in [6.45, 7) is 0. The molecule has 1 N–H and O–H groups in total. The average molecular weight is 390 g/mol. The maximum atomic E-state index is 12.6. The molecule has 1 amide bonds. The molecule has 0 atom stereocenters. The Hall–Kier alpha value is -3.45. The summed E-state index contributed by atoms with van der Waals surface area (Å²) < 4.78 is 7.08. The quantitative estimate of drug-likeness (QED) is 0.546. The maximum Gasteiger partial charge on any atom is 0.257 e. The van der Waals surface area contributed by atoms with E-state index in [9.17, 15) is 4.79 Å². The number of rotatable bonds is 5. The second-order valence-corrected chi connectivity index (χ2v) is 7.11. The third-order valence-corrected chi connectivity index (χ3v) is 5.24. The third-order valence-electron chi connectivity index (χ3n) is 4.27. The van der Waals surface area contributed by atoms with Crippen LogP contribution >= 0.6 is 11.3 Å². The molecule has 0 radical (unpaired) electrons. The Balaban J connectivity index is 1.69. The van der Waals surface area contributed by atoms with Crippen molar-refractivity contribution < 1.29 is 9.53 Å². The number of hydrogen-bond donors (Lipinski definition) is 1. The third kappa shape index (κ3) is 3.52. The Morgan fingerprint density at radius 2 is 1.86 bits per heavy atom. The van der Waals surface area contributed by atoms with E-state index in [1.807, 2.05) is 48.1 Å². The molecule has 0 aliphatic carbocycles. The molecule has 0 saturated heterocycles. The lowest BCUT2D eigenvalue weighted by Crippen LogP contribution is -2.11. The van der Waals surface area contributed by atoms with Crippen molar-refractivity contribution >= 4 is 22.4 Å². The van der Waals surface area contributed by atoms with Gasteiger partial charge >= 0.3 is 0 Å². The Bertz CT molecular complexity index is 1100. The lowest BCUT2D eigenvalue weighted by atomic mass is 10.1. The van der Waals surface area contributed by atoms with Gasteiger partial charge in [-0.15, -0.1) is 0 Å². The number of ether oxygens (including phenoxy) is 1. The Morgan fingerprint density at radius 3 is 2.50 bits per heavy atom. The van der Waals surface area contributed by atoms with E-state index in [0.29, 0.717) is 16.4 Å². The molecule has 6 nitrogen and oxygen atoms in total. The topological polar surface area (TPSA) is 69.0 Å². The summed E-state index contributed by atoms with van der Waals surface area (Å²) in [5.41, 5.74) is 2.31. The van der Waals surface area contributed by atoms with E-state index in [1.165, 1.54) is 11.3 Å². The smallest absolute Gasteiger partial charge is 0.257 e. The maximum absolute atomic E-state index is 12.6. The molecular weight excluding hydrogens is 372 g/mol. The lowest BCUT2D eigenvalue weighted by Gasteiger charge is -2.03. The number of nitrogens with one attached hydrogen (secondary N) is 1. The van der Waals surface area contributed by atoms with E-state index in [0.717, 1.165) is 22.0 Å². The van der Waals surface area contributed by atoms with Crippen molar-refractivity contribution in [3.63, 3.8) is 0 Å². The molecule has 2 aromatic carbocycles. The molecule has 2 aromatic heterocycles. The molecule has 2 heterocycles.